The van der Waals surface area contributed by atoms with Crippen molar-refractivity contribution in [3.63, 3.8) is 0 Å². The highest BCUT2D eigenvalue weighted by Gasteiger charge is 2.14. The molecule has 0 aliphatic heterocycles. The lowest BCUT2D eigenvalue weighted by Crippen LogP contribution is -2.08. The fourth-order valence-electron chi connectivity index (χ4n) is 1.48. The summed E-state index contributed by atoms with van der Waals surface area (Å²) in [5.74, 6) is -0.649. The van der Waals surface area contributed by atoms with Crippen LogP contribution in [0.15, 0.2) is 39.4 Å². The van der Waals surface area contributed by atoms with Gasteiger partial charge in [-0.3, -0.25) is 0 Å². The van der Waals surface area contributed by atoms with Gasteiger partial charge in [-0.25, -0.2) is 8.78 Å². The number of para-hydroxylation sites is 1. The van der Waals surface area contributed by atoms with Crippen molar-refractivity contribution in [2.24, 2.45) is 0 Å². The number of hydrogen-bond acceptors (Lipinski definition) is 2. The van der Waals surface area contributed by atoms with E-state index in [9.17, 15) is 8.78 Å². The number of furan rings is 1. The van der Waals surface area contributed by atoms with Gasteiger partial charge >= 0.3 is 0 Å². The van der Waals surface area contributed by atoms with Crippen LogP contribution >= 0.6 is 15.9 Å². The summed E-state index contributed by atoms with van der Waals surface area (Å²) in [4.78, 5) is 0. The smallest absolute Gasteiger partial charge is 0.169 e. The summed E-state index contributed by atoms with van der Waals surface area (Å²) in [7, 11) is 0. The third-order valence-electron chi connectivity index (χ3n) is 2.34. The molecule has 1 heterocycles. The molecule has 0 saturated heterocycles. The van der Waals surface area contributed by atoms with Crippen LogP contribution < -0.4 is 5.32 Å². The minimum Gasteiger partial charge on any atom is -0.452 e. The van der Waals surface area contributed by atoms with Crippen molar-refractivity contribution >= 4 is 21.6 Å². The summed E-state index contributed by atoms with van der Waals surface area (Å²) in [6.45, 7) is 1.76. The Morgan fingerprint density at radius 1 is 1.18 bits per heavy atom. The molecule has 1 atom stereocenters. The number of rotatable bonds is 3. The van der Waals surface area contributed by atoms with Gasteiger partial charge in [0.15, 0.2) is 4.67 Å². The Bertz CT molecular complexity index is 507. The summed E-state index contributed by atoms with van der Waals surface area (Å²) in [6.07, 6.45) is 0. The molecule has 0 spiro atoms. The lowest BCUT2D eigenvalue weighted by atomic mass is 10.2. The lowest BCUT2D eigenvalue weighted by Gasteiger charge is -2.14. The van der Waals surface area contributed by atoms with Gasteiger partial charge in [0, 0.05) is 0 Å². The van der Waals surface area contributed by atoms with Gasteiger partial charge in [-0.05, 0) is 47.1 Å². The van der Waals surface area contributed by atoms with Gasteiger partial charge in [-0.1, -0.05) is 6.07 Å². The molecule has 0 aliphatic rings. The van der Waals surface area contributed by atoms with Gasteiger partial charge in [-0.2, -0.15) is 0 Å². The maximum absolute atomic E-state index is 13.4. The second-order valence-corrected chi connectivity index (χ2v) is 4.39. The molecule has 1 aromatic heterocycles. The van der Waals surface area contributed by atoms with Crippen LogP contribution in [0, 0.1) is 11.6 Å². The summed E-state index contributed by atoms with van der Waals surface area (Å²) in [5.41, 5.74) is -0.146. The van der Waals surface area contributed by atoms with Crippen molar-refractivity contribution in [2.75, 3.05) is 5.32 Å². The zero-order chi connectivity index (χ0) is 12.4. The third-order valence-corrected chi connectivity index (χ3v) is 2.77. The molecule has 0 fully saturated rings. The van der Waals surface area contributed by atoms with Crippen molar-refractivity contribution in [3.05, 3.63) is 52.4 Å². The van der Waals surface area contributed by atoms with Crippen molar-refractivity contribution in [1.82, 2.24) is 0 Å². The monoisotopic (exact) mass is 301 g/mol. The first kappa shape index (κ1) is 12.1. The molecule has 0 bridgehead atoms. The molecule has 1 aromatic carbocycles. The van der Waals surface area contributed by atoms with E-state index in [1.165, 1.54) is 18.2 Å². The topological polar surface area (TPSA) is 25.2 Å². The van der Waals surface area contributed by atoms with Crippen molar-refractivity contribution < 1.29 is 13.2 Å². The van der Waals surface area contributed by atoms with Gasteiger partial charge in [0.05, 0.1) is 6.04 Å². The average Bonchev–Trinajstić information content (AvgIpc) is 2.70. The molecule has 0 radical (unpaired) electrons. The molecule has 2 rings (SSSR count). The first-order valence-electron chi connectivity index (χ1n) is 5.03. The first-order chi connectivity index (χ1) is 8.08. The fourth-order valence-corrected chi connectivity index (χ4v) is 1.80. The minimum absolute atomic E-state index is 0.146. The van der Waals surface area contributed by atoms with E-state index in [4.69, 9.17) is 4.42 Å². The summed E-state index contributed by atoms with van der Waals surface area (Å²) in [6, 6.07) is 6.87. The van der Waals surface area contributed by atoms with E-state index in [1.54, 1.807) is 19.1 Å². The van der Waals surface area contributed by atoms with Crippen molar-refractivity contribution in [2.45, 2.75) is 13.0 Å². The van der Waals surface area contributed by atoms with Gasteiger partial charge in [0.1, 0.15) is 23.1 Å². The lowest BCUT2D eigenvalue weighted by molar-refractivity contribution is 0.468. The molecule has 0 amide bonds. The Kier molecular flexibility index (Phi) is 3.47. The second kappa shape index (κ2) is 4.87. The SMILES string of the molecule is CC(Nc1c(F)cccc1F)c1ccc(Br)o1. The Morgan fingerprint density at radius 3 is 2.35 bits per heavy atom. The normalized spacial score (nSPS) is 12.5. The number of benzene rings is 1. The molecule has 17 heavy (non-hydrogen) atoms. The number of nitrogens with one attached hydrogen (secondary N) is 1. The number of hydrogen-bond donors (Lipinski definition) is 1. The molecule has 0 saturated carbocycles. The third kappa shape index (κ3) is 2.66. The van der Waals surface area contributed by atoms with Crippen molar-refractivity contribution in [1.29, 1.82) is 0 Å². The van der Waals surface area contributed by atoms with Crippen molar-refractivity contribution in [3.8, 4) is 0 Å². The van der Waals surface area contributed by atoms with Crippen LogP contribution in [0.5, 0.6) is 0 Å². The zero-order valence-electron chi connectivity index (χ0n) is 9.01. The molecule has 2 nitrogen and oxygen atoms in total. The summed E-state index contributed by atoms with van der Waals surface area (Å²) < 4.78 is 32.7. The number of halogens is 3. The fraction of sp³-hybridized carbons (Fsp3) is 0.167. The Balaban J connectivity index is 2.21. The van der Waals surface area contributed by atoms with Gasteiger partial charge in [0.25, 0.3) is 0 Å². The highest BCUT2D eigenvalue weighted by atomic mass is 79.9. The van der Waals surface area contributed by atoms with E-state index in [1.807, 2.05) is 0 Å². The molecular formula is C12H10BrF2NO. The van der Waals surface area contributed by atoms with E-state index in [0.717, 1.165) is 0 Å². The first-order valence-corrected chi connectivity index (χ1v) is 5.83. The van der Waals surface area contributed by atoms with E-state index in [0.29, 0.717) is 10.4 Å². The molecule has 1 N–H and O–H groups in total. The molecule has 90 valence electrons. The zero-order valence-corrected chi connectivity index (χ0v) is 10.6. The quantitative estimate of drug-likeness (QED) is 0.903. The van der Waals surface area contributed by atoms with Crippen LogP contribution in [0.1, 0.15) is 18.7 Å². The van der Waals surface area contributed by atoms with Gasteiger partial charge < -0.3 is 9.73 Å². The molecule has 0 aliphatic carbocycles. The molecular weight excluding hydrogens is 292 g/mol. The van der Waals surface area contributed by atoms with Crippen LogP contribution in [0.25, 0.3) is 0 Å². The highest BCUT2D eigenvalue weighted by Crippen LogP contribution is 2.26. The Morgan fingerprint density at radius 2 is 1.82 bits per heavy atom. The number of anilines is 1. The van der Waals surface area contributed by atoms with Crippen LogP contribution in [0.4, 0.5) is 14.5 Å². The molecule has 5 heteroatoms. The van der Waals surface area contributed by atoms with Gasteiger partial charge in [0.2, 0.25) is 0 Å². The van der Waals surface area contributed by atoms with E-state index >= 15 is 0 Å². The Hall–Kier alpha value is -1.36. The van der Waals surface area contributed by atoms with Gasteiger partial charge in [-0.15, -0.1) is 0 Å². The molecule has 2 aromatic rings. The summed E-state index contributed by atoms with van der Waals surface area (Å²) >= 11 is 3.17. The predicted molar refractivity (Wildman–Crippen MR) is 64.8 cm³/mol. The summed E-state index contributed by atoms with van der Waals surface area (Å²) in [5, 5.41) is 2.74. The molecule has 1 unspecified atom stereocenters. The maximum Gasteiger partial charge on any atom is 0.169 e. The van der Waals surface area contributed by atoms with Crippen LogP contribution in [0.2, 0.25) is 0 Å². The standard InChI is InChI=1S/C12H10BrF2NO/c1-7(10-5-6-11(13)17-10)16-12-8(14)3-2-4-9(12)15/h2-7,16H,1H3. The van der Waals surface area contributed by atoms with Crippen LogP contribution in [0.3, 0.4) is 0 Å². The minimum atomic E-state index is -0.623. The largest absolute Gasteiger partial charge is 0.452 e. The van der Waals surface area contributed by atoms with E-state index in [2.05, 4.69) is 21.2 Å². The average molecular weight is 302 g/mol. The van der Waals surface area contributed by atoms with E-state index in [-0.39, 0.29) is 11.7 Å². The van der Waals surface area contributed by atoms with Crippen LogP contribution in [-0.4, -0.2) is 0 Å². The Labute approximate surface area is 106 Å². The predicted octanol–water partition coefficient (Wildman–Crippen LogP) is 4.49. The van der Waals surface area contributed by atoms with E-state index < -0.39 is 11.6 Å². The van der Waals surface area contributed by atoms with Crippen LogP contribution in [-0.2, 0) is 0 Å². The maximum atomic E-state index is 13.4. The second-order valence-electron chi connectivity index (χ2n) is 3.60. The highest BCUT2D eigenvalue weighted by molar-refractivity contribution is 9.10.